The van der Waals surface area contributed by atoms with E-state index in [1.807, 2.05) is 0 Å². The normalized spacial score (nSPS) is 28.4. The van der Waals surface area contributed by atoms with Gasteiger partial charge in [0.2, 0.25) is 0 Å². The number of ether oxygens (including phenoxy) is 3. The van der Waals surface area contributed by atoms with Gasteiger partial charge >= 0.3 is 0 Å². The molecule has 0 saturated carbocycles. The highest BCUT2D eigenvalue weighted by Gasteiger charge is 2.22. The molecule has 90 valence electrons. The van der Waals surface area contributed by atoms with E-state index >= 15 is 0 Å². The SMILES string of the molecule is COCCOC1=CCC(CC2CCO2)C=C1. The van der Waals surface area contributed by atoms with E-state index in [1.165, 1.54) is 6.42 Å². The van der Waals surface area contributed by atoms with E-state index in [-0.39, 0.29) is 0 Å². The fraction of sp³-hybridized carbons (Fsp3) is 0.692. The molecule has 3 nitrogen and oxygen atoms in total. The second-order valence-electron chi connectivity index (χ2n) is 4.32. The summed E-state index contributed by atoms with van der Waals surface area (Å²) in [7, 11) is 1.68. The Kier molecular flexibility index (Phi) is 4.43. The highest BCUT2D eigenvalue weighted by molar-refractivity contribution is 5.18. The van der Waals surface area contributed by atoms with E-state index in [0.717, 1.165) is 25.2 Å². The van der Waals surface area contributed by atoms with Crippen molar-refractivity contribution in [2.24, 2.45) is 5.92 Å². The van der Waals surface area contributed by atoms with Gasteiger partial charge in [0, 0.05) is 13.7 Å². The molecule has 2 atom stereocenters. The number of allylic oxidation sites excluding steroid dienone is 3. The summed E-state index contributed by atoms with van der Waals surface area (Å²) in [6.07, 6.45) is 10.4. The maximum Gasteiger partial charge on any atom is 0.115 e. The first-order valence-corrected chi connectivity index (χ1v) is 6.00. The Hall–Kier alpha value is -0.800. The lowest BCUT2D eigenvalue weighted by Gasteiger charge is -2.29. The topological polar surface area (TPSA) is 27.7 Å². The summed E-state index contributed by atoms with van der Waals surface area (Å²) in [6.45, 7) is 2.22. The fourth-order valence-electron chi connectivity index (χ4n) is 1.98. The van der Waals surface area contributed by atoms with Crippen molar-refractivity contribution < 1.29 is 14.2 Å². The molecule has 0 amide bonds. The molecule has 0 aromatic rings. The van der Waals surface area contributed by atoms with Crippen molar-refractivity contribution in [3.63, 3.8) is 0 Å². The van der Waals surface area contributed by atoms with E-state index in [9.17, 15) is 0 Å². The predicted molar refractivity (Wildman–Crippen MR) is 62.1 cm³/mol. The summed E-state index contributed by atoms with van der Waals surface area (Å²) in [4.78, 5) is 0. The van der Waals surface area contributed by atoms with Crippen LogP contribution in [-0.4, -0.2) is 33.0 Å². The smallest absolute Gasteiger partial charge is 0.115 e. The molecular formula is C13H20O3. The molecule has 2 rings (SSSR count). The maximum atomic E-state index is 5.54. The highest BCUT2D eigenvalue weighted by Crippen LogP contribution is 2.26. The van der Waals surface area contributed by atoms with Gasteiger partial charge in [0.15, 0.2) is 0 Å². The predicted octanol–water partition coefficient (Wildman–Crippen LogP) is 2.29. The van der Waals surface area contributed by atoms with Gasteiger partial charge in [0.1, 0.15) is 12.4 Å². The van der Waals surface area contributed by atoms with Crippen LogP contribution in [0.25, 0.3) is 0 Å². The van der Waals surface area contributed by atoms with Crippen molar-refractivity contribution in [1.82, 2.24) is 0 Å². The summed E-state index contributed by atoms with van der Waals surface area (Å²) in [5, 5.41) is 0. The Morgan fingerprint density at radius 3 is 2.88 bits per heavy atom. The summed E-state index contributed by atoms with van der Waals surface area (Å²) in [5.74, 6) is 1.60. The van der Waals surface area contributed by atoms with Crippen LogP contribution >= 0.6 is 0 Å². The molecule has 1 saturated heterocycles. The zero-order valence-corrected chi connectivity index (χ0v) is 9.85. The van der Waals surface area contributed by atoms with Gasteiger partial charge in [-0.2, -0.15) is 0 Å². The van der Waals surface area contributed by atoms with Crippen LogP contribution in [-0.2, 0) is 14.2 Å². The van der Waals surface area contributed by atoms with E-state index in [4.69, 9.17) is 14.2 Å². The quantitative estimate of drug-likeness (QED) is 0.648. The molecule has 3 heteroatoms. The lowest BCUT2D eigenvalue weighted by Crippen LogP contribution is -2.28. The van der Waals surface area contributed by atoms with Crippen LogP contribution in [0.15, 0.2) is 24.0 Å². The lowest BCUT2D eigenvalue weighted by atomic mass is 9.91. The third-order valence-corrected chi connectivity index (χ3v) is 3.07. The van der Waals surface area contributed by atoms with Crippen molar-refractivity contribution >= 4 is 0 Å². The Morgan fingerprint density at radius 1 is 1.44 bits per heavy atom. The van der Waals surface area contributed by atoms with Crippen LogP contribution in [0.4, 0.5) is 0 Å². The number of methoxy groups -OCH3 is 1. The van der Waals surface area contributed by atoms with Crippen molar-refractivity contribution in [3.8, 4) is 0 Å². The van der Waals surface area contributed by atoms with Gasteiger partial charge < -0.3 is 14.2 Å². The molecule has 0 bridgehead atoms. The van der Waals surface area contributed by atoms with Crippen LogP contribution in [0.2, 0.25) is 0 Å². The fourth-order valence-corrected chi connectivity index (χ4v) is 1.98. The van der Waals surface area contributed by atoms with E-state index in [0.29, 0.717) is 25.2 Å². The highest BCUT2D eigenvalue weighted by atomic mass is 16.5. The summed E-state index contributed by atoms with van der Waals surface area (Å²) in [6, 6.07) is 0. The largest absolute Gasteiger partial charge is 0.492 e. The summed E-state index contributed by atoms with van der Waals surface area (Å²) >= 11 is 0. The van der Waals surface area contributed by atoms with Crippen LogP contribution in [0.1, 0.15) is 19.3 Å². The lowest BCUT2D eigenvalue weighted by molar-refractivity contribution is -0.0599. The monoisotopic (exact) mass is 224 g/mol. The first-order valence-electron chi connectivity index (χ1n) is 6.00. The Morgan fingerprint density at radius 2 is 2.31 bits per heavy atom. The standard InChI is InChI=1S/C13H20O3/c1-14-8-9-16-12-4-2-11(3-5-12)10-13-6-7-15-13/h2,4-5,11,13H,3,6-10H2,1H3. The van der Waals surface area contributed by atoms with Gasteiger partial charge in [-0.1, -0.05) is 6.08 Å². The van der Waals surface area contributed by atoms with E-state index in [2.05, 4.69) is 18.2 Å². The molecule has 2 unspecified atom stereocenters. The molecular weight excluding hydrogens is 204 g/mol. The Balaban J connectivity index is 1.66. The Bertz CT molecular complexity index is 266. The average molecular weight is 224 g/mol. The number of hydrogen-bond donors (Lipinski definition) is 0. The van der Waals surface area contributed by atoms with Crippen molar-refractivity contribution in [1.29, 1.82) is 0 Å². The second-order valence-corrected chi connectivity index (χ2v) is 4.32. The first-order chi connectivity index (χ1) is 7.88. The zero-order chi connectivity index (χ0) is 11.2. The maximum absolute atomic E-state index is 5.54. The van der Waals surface area contributed by atoms with Crippen molar-refractivity contribution in [2.45, 2.75) is 25.4 Å². The first kappa shape index (κ1) is 11.7. The third-order valence-electron chi connectivity index (χ3n) is 3.07. The van der Waals surface area contributed by atoms with Crippen LogP contribution in [0.5, 0.6) is 0 Å². The molecule has 0 spiro atoms. The minimum absolute atomic E-state index is 0.499. The molecule has 0 aromatic carbocycles. The summed E-state index contributed by atoms with van der Waals surface area (Å²) in [5.41, 5.74) is 0. The van der Waals surface area contributed by atoms with Gasteiger partial charge in [0.25, 0.3) is 0 Å². The molecule has 1 aliphatic heterocycles. The van der Waals surface area contributed by atoms with Gasteiger partial charge in [-0.3, -0.25) is 0 Å². The minimum Gasteiger partial charge on any atom is -0.492 e. The van der Waals surface area contributed by atoms with Gasteiger partial charge in [0.05, 0.1) is 12.7 Å². The van der Waals surface area contributed by atoms with E-state index in [1.54, 1.807) is 7.11 Å². The molecule has 0 radical (unpaired) electrons. The molecule has 2 aliphatic rings. The zero-order valence-electron chi connectivity index (χ0n) is 9.85. The molecule has 1 fully saturated rings. The van der Waals surface area contributed by atoms with Gasteiger partial charge in [-0.25, -0.2) is 0 Å². The van der Waals surface area contributed by atoms with Gasteiger partial charge in [-0.05, 0) is 37.3 Å². The second kappa shape index (κ2) is 6.06. The van der Waals surface area contributed by atoms with Crippen molar-refractivity contribution in [2.75, 3.05) is 26.9 Å². The average Bonchev–Trinajstić information content (AvgIpc) is 2.26. The van der Waals surface area contributed by atoms with Crippen LogP contribution < -0.4 is 0 Å². The molecule has 16 heavy (non-hydrogen) atoms. The molecule has 1 heterocycles. The molecule has 0 N–H and O–H groups in total. The van der Waals surface area contributed by atoms with Gasteiger partial charge in [-0.15, -0.1) is 0 Å². The number of rotatable bonds is 6. The molecule has 0 aromatic heterocycles. The van der Waals surface area contributed by atoms with Crippen LogP contribution in [0.3, 0.4) is 0 Å². The van der Waals surface area contributed by atoms with Crippen LogP contribution in [0, 0.1) is 5.92 Å². The van der Waals surface area contributed by atoms with Crippen molar-refractivity contribution in [3.05, 3.63) is 24.0 Å². The summed E-state index contributed by atoms with van der Waals surface area (Å²) < 4.78 is 15.9. The third kappa shape index (κ3) is 3.35. The van der Waals surface area contributed by atoms with E-state index < -0.39 is 0 Å². The number of hydrogen-bond acceptors (Lipinski definition) is 3. The molecule has 1 aliphatic carbocycles. The minimum atomic E-state index is 0.499. The Labute approximate surface area is 97.1 Å².